The second-order valence-electron chi connectivity index (χ2n) is 4.26. The van der Waals surface area contributed by atoms with Gasteiger partial charge in [-0.25, -0.2) is 8.42 Å². The smallest absolute Gasteiger partial charge is 0.247 e. The van der Waals surface area contributed by atoms with Crippen molar-refractivity contribution in [2.45, 2.75) is 18.4 Å². The van der Waals surface area contributed by atoms with Crippen molar-refractivity contribution in [3.63, 3.8) is 0 Å². The number of sulfonamides is 1. The van der Waals surface area contributed by atoms with Crippen LogP contribution in [0.15, 0.2) is 35.7 Å². The van der Waals surface area contributed by atoms with Crippen molar-refractivity contribution in [2.24, 2.45) is 0 Å². The molecule has 1 aromatic rings. The monoisotopic (exact) mass is 298 g/mol. The fourth-order valence-corrected chi connectivity index (χ4v) is 3.48. The summed E-state index contributed by atoms with van der Waals surface area (Å²) in [6, 6.07) is 5.12. The van der Waals surface area contributed by atoms with E-state index < -0.39 is 10.0 Å². The van der Waals surface area contributed by atoms with Crippen LogP contribution in [0.5, 0.6) is 5.75 Å². The molecule has 5 nitrogen and oxygen atoms in total. The predicted molar refractivity (Wildman–Crippen MR) is 80.4 cm³/mol. The van der Waals surface area contributed by atoms with Gasteiger partial charge in [0.1, 0.15) is 10.6 Å². The standard InChI is InChI=1S/C14H22N2O3S/c1-5-9-16(6-2)20(17,18)14-8-7-12(11-15-3)10-13(14)19-4/h5,7-8,10,15H,1,6,9,11H2,2-4H3. The molecule has 112 valence electrons. The number of ether oxygens (including phenoxy) is 1. The third-order valence-corrected chi connectivity index (χ3v) is 4.89. The first kappa shape index (κ1) is 16.7. The molecular formula is C14H22N2O3S. The van der Waals surface area contributed by atoms with Crippen LogP contribution < -0.4 is 10.1 Å². The van der Waals surface area contributed by atoms with Crippen molar-refractivity contribution in [1.29, 1.82) is 0 Å². The summed E-state index contributed by atoms with van der Waals surface area (Å²) in [7, 11) is -0.264. The zero-order chi connectivity index (χ0) is 15.2. The third kappa shape index (κ3) is 3.59. The maximum absolute atomic E-state index is 12.6. The molecular weight excluding hydrogens is 276 g/mol. The van der Waals surface area contributed by atoms with E-state index in [1.165, 1.54) is 11.4 Å². The van der Waals surface area contributed by atoms with E-state index in [1.807, 2.05) is 7.05 Å². The molecule has 0 heterocycles. The summed E-state index contributed by atoms with van der Waals surface area (Å²) in [5, 5.41) is 3.02. The average molecular weight is 298 g/mol. The minimum absolute atomic E-state index is 0.184. The number of benzene rings is 1. The Labute approximate surface area is 121 Å². The van der Waals surface area contributed by atoms with E-state index >= 15 is 0 Å². The second-order valence-corrected chi connectivity index (χ2v) is 6.17. The van der Waals surface area contributed by atoms with Crippen LogP contribution in [0.3, 0.4) is 0 Å². The molecule has 0 saturated carbocycles. The first-order chi connectivity index (χ1) is 9.51. The number of hydrogen-bond donors (Lipinski definition) is 1. The summed E-state index contributed by atoms with van der Waals surface area (Å²) in [5.74, 6) is 0.361. The lowest BCUT2D eigenvalue weighted by Gasteiger charge is -2.20. The van der Waals surface area contributed by atoms with Crippen LogP contribution in [0, 0.1) is 0 Å². The molecule has 0 unspecified atom stereocenters. The van der Waals surface area contributed by atoms with Crippen molar-refractivity contribution in [3.05, 3.63) is 36.4 Å². The molecule has 0 amide bonds. The Morgan fingerprint density at radius 1 is 1.45 bits per heavy atom. The largest absolute Gasteiger partial charge is 0.495 e. The van der Waals surface area contributed by atoms with E-state index in [1.54, 1.807) is 31.2 Å². The summed E-state index contributed by atoms with van der Waals surface area (Å²) in [6.07, 6.45) is 1.57. The van der Waals surface area contributed by atoms with Crippen LogP contribution in [0.2, 0.25) is 0 Å². The quantitative estimate of drug-likeness (QED) is 0.741. The Balaban J connectivity index is 3.26. The zero-order valence-corrected chi connectivity index (χ0v) is 13.0. The first-order valence-corrected chi connectivity index (χ1v) is 7.87. The summed E-state index contributed by atoms with van der Waals surface area (Å²) in [4.78, 5) is 0.184. The molecule has 0 aliphatic rings. The van der Waals surface area contributed by atoms with Crippen molar-refractivity contribution < 1.29 is 13.2 Å². The zero-order valence-electron chi connectivity index (χ0n) is 12.2. The molecule has 0 atom stereocenters. The Morgan fingerprint density at radius 2 is 2.15 bits per heavy atom. The fraction of sp³-hybridized carbons (Fsp3) is 0.429. The van der Waals surface area contributed by atoms with Gasteiger partial charge in [-0.15, -0.1) is 6.58 Å². The van der Waals surface area contributed by atoms with Gasteiger partial charge in [0.05, 0.1) is 7.11 Å². The molecule has 0 radical (unpaired) electrons. The van der Waals surface area contributed by atoms with Crippen LogP contribution in [0.4, 0.5) is 0 Å². The molecule has 1 N–H and O–H groups in total. The highest BCUT2D eigenvalue weighted by atomic mass is 32.2. The summed E-state index contributed by atoms with van der Waals surface area (Å²) in [6.45, 7) is 6.70. The number of methoxy groups -OCH3 is 1. The number of hydrogen-bond acceptors (Lipinski definition) is 4. The Morgan fingerprint density at radius 3 is 2.65 bits per heavy atom. The van der Waals surface area contributed by atoms with Gasteiger partial charge in [0.25, 0.3) is 0 Å². The van der Waals surface area contributed by atoms with E-state index in [9.17, 15) is 8.42 Å². The lowest BCUT2D eigenvalue weighted by Crippen LogP contribution is -2.31. The summed E-state index contributed by atoms with van der Waals surface area (Å²) < 4.78 is 31.8. The molecule has 6 heteroatoms. The van der Waals surface area contributed by atoms with Gasteiger partial charge >= 0.3 is 0 Å². The van der Waals surface area contributed by atoms with E-state index in [4.69, 9.17) is 4.74 Å². The Bertz CT molecular complexity index is 556. The summed E-state index contributed by atoms with van der Waals surface area (Å²) >= 11 is 0. The van der Waals surface area contributed by atoms with E-state index in [0.29, 0.717) is 18.8 Å². The van der Waals surface area contributed by atoms with E-state index in [0.717, 1.165) is 5.56 Å². The highest BCUT2D eigenvalue weighted by Crippen LogP contribution is 2.27. The van der Waals surface area contributed by atoms with E-state index in [2.05, 4.69) is 11.9 Å². The molecule has 0 spiro atoms. The molecule has 0 aliphatic carbocycles. The van der Waals surface area contributed by atoms with Crippen LogP contribution in [-0.2, 0) is 16.6 Å². The SMILES string of the molecule is C=CCN(CC)S(=O)(=O)c1ccc(CNC)cc1OC. The van der Waals surface area contributed by atoms with Crippen LogP contribution in [-0.4, -0.2) is 40.0 Å². The van der Waals surface area contributed by atoms with Gasteiger partial charge in [-0.1, -0.05) is 19.1 Å². The van der Waals surface area contributed by atoms with Gasteiger partial charge < -0.3 is 10.1 Å². The van der Waals surface area contributed by atoms with Gasteiger partial charge in [-0.2, -0.15) is 4.31 Å². The van der Waals surface area contributed by atoms with Crippen LogP contribution >= 0.6 is 0 Å². The van der Waals surface area contributed by atoms with Crippen molar-refractivity contribution >= 4 is 10.0 Å². The van der Waals surface area contributed by atoms with Crippen molar-refractivity contribution in [1.82, 2.24) is 9.62 Å². The number of nitrogens with one attached hydrogen (secondary N) is 1. The minimum atomic E-state index is -3.57. The normalized spacial score (nSPS) is 11.6. The molecule has 0 aromatic heterocycles. The lowest BCUT2D eigenvalue weighted by molar-refractivity contribution is 0.396. The van der Waals surface area contributed by atoms with Gasteiger partial charge in [0.15, 0.2) is 0 Å². The number of nitrogens with zero attached hydrogens (tertiary/aromatic N) is 1. The Hall–Kier alpha value is -1.37. The predicted octanol–water partition coefficient (Wildman–Crippen LogP) is 1.61. The maximum Gasteiger partial charge on any atom is 0.247 e. The van der Waals surface area contributed by atoms with Gasteiger partial charge in [0, 0.05) is 19.6 Å². The van der Waals surface area contributed by atoms with Gasteiger partial charge in [0.2, 0.25) is 10.0 Å². The average Bonchev–Trinajstić information content (AvgIpc) is 2.44. The molecule has 20 heavy (non-hydrogen) atoms. The molecule has 0 aliphatic heterocycles. The van der Waals surface area contributed by atoms with E-state index in [-0.39, 0.29) is 11.4 Å². The van der Waals surface area contributed by atoms with Crippen LogP contribution in [0.25, 0.3) is 0 Å². The molecule has 1 aromatic carbocycles. The second kappa shape index (κ2) is 7.42. The minimum Gasteiger partial charge on any atom is -0.495 e. The Kier molecular flexibility index (Phi) is 6.19. The summed E-state index contributed by atoms with van der Waals surface area (Å²) in [5.41, 5.74) is 0.968. The molecule has 0 bridgehead atoms. The maximum atomic E-state index is 12.6. The fourth-order valence-electron chi connectivity index (χ4n) is 1.92. The highest BCUT2D eigenvalue weighted by molar-refractivity contribution is 7.89. The van der Waals surface area contributed by atoms with Gasteiger partial charge in [-0.05, 0) is 24.7 Å². The van der Waals surface area contributed by atoms with Crippen molar-refractivity contribution in [3.8, 4) is 5.75 Å². The molecule has 0 fully saturated rings. The third-order valence-electron chi connectivity index (χ3n) is 2.91. The van der Waals surface area contributed by atoms with Crippen molar-refractivity contribution in [2.75, 3.05) is 27.2 Å². The van der Waals surface area contributed by atoms with Crippen LogP contribution in [0.1, 0.15) is 12.5 Å². The highest BCUT2D eigenvalue weighted by Gasteiger charge is 2.25. The molecule has 0 saturated heterocycles. The topological polar surface area (TPSA) is 58.6 Å². The number of rotatable bonds is 8. The molecule has 1 rings (SSSR count). The first-order valence-electron chi connectivity index (χ1n) is 6.43. The van der Waals surface area contributed by atoms with Gasteiger partial charge in [-0.3, -0.25) is 0 Å². The lowest BCUT2D eigenvalue weighted by atomic mass is 10.2. The number of likely N-dealkylation sites (N-methyl/N-ethyl adjacent to an activating group) is 1.